The van der Waals surface area contributed by atoms with Crippen LogP contribution in [0.4, 0.5) is 5.95 Å². The second kappa shape index (κ2) is 4.76. The van der Waals surface area contributed by atoms with E-state index in [-0.39, 0.29) is 29.5 Å². The third-order valence-corrected chi connectivity index (χ3v) is 4.50. The summed E-state index contributed by atoms with van der Waals surface area (Å²) in [4.78, 5) is 23.7. The molecule has 1 fully saturated rings. The third kappa shape index (κ3) is 2.82. The molecule has 1 saturated heterocycles. The van der Waals surface area contributed by atoms with E-state index in [2.05, 4.69) is 15.0 Å². The first-order valence-electron chi connectivity index (χ1n) is 4.58. The molecule has 1 atom stereocenters. The van der Waals surface area contributed by atoms with Gasteiger partial charge in [-0.3, -0.25) is 9.69 Å². The van der Waals surface area contributed by atoms with E-state index in [4.69, 9.17) is 33.9 Å². The van der Waals surface area contributed by atoms with Gasteiger partial charge in [0.05, 0.1) is 0 Å². The Bertz CT molecular complexity index is 588. The zero-order chi connectivity index (χ0) is 13.5. The van der Waals surface area contributed by atoms with Crippen molar-refractivity contribution in [2.24, 2.45) is 0 Å². The van der Waals surface area contributed by atoms with Gasteiger partial charge >= 0.3 is 0 Å². The summed E-state index contributed by atoms with van der Waals surface area (Å²) in [6.45, 7) is -0.138. The lowest BCUT2D eigenvalue weighted by atomic mass is 10.4. The number of amides is 1. The molecule has 0 bridgehead atoms. The summed E-state index contributed by atoms with van der Waals surface area (Å²) in [7, 11) is 1.38. The van der Waals surface area contributed by atoms with E-state index in [1.807, 2.05) is 0 Å². The van der Waals surface area contributed by atoms with Gasteiger partial charge in [0, 0.05) is 23.6 Å². The summed E-state index contributed by atoms with van der Waals surface area (Å²) in [5.41, 5.74) is 0. The van der Waals surface area contributed by atoms with Gasteiger partial charge in [0.2, 0.25) is 31.5 Å². The van der Waals surface area contributed by atoms with Crippen LogP contribution >= 0.6 is 33.9 Å². The first kappa shape index (κ1) is 13.7. The van der Waals surface area contributed by atoms with Gasteiger partial charge in [-0.15, -0.1) is 0 Å². The maximum absolute atomic E-state index is 11.7. The number of carbonyl (C=O) groups excluding carboxylic acids is 1. The van der Waals surface area contributed by atoms with Crippen LogP contribution in [0.15, 0.2) is 0 Å². The molecular weight excluding hydrogens is 327 g/mol. The molecule has 18 heavy (non-hydrogen) atoms. The molecule has 0 spiro atoms. The second-order valence-corrected chi connectivity index (χ2v) is 7.06. The highest BCUT2D eigenvalue weighted by Gasteiger charge is 2.39. The van der Waals surface area contributed by atoms with E-state index < -0.39 is 20.2 Å². The number of hydrogen-bond acceptors (Lipinski definition) is 6. The molecule has 2 heterocycles. The molecule has 11 heteroatoms. The summed E-state index contributed by atoms with van der Waals surface area (Å²) in [5, 5.41) is -1.37. The molecular formula is C7H5Cl3N4O3S. The lowest BCUT2D eigenvalue weighted by Crippen LogP contribution is -2.28. The number of anilines is 1. The average molecular weight is 332 g/mol. The van der Waals surface area contributed by atoms with Gasteiger partial charge in [0.15, 0.2) is 0 Å². The normalized spacial score (nSPS) is 20.5. The van der Waals surface area contributed by atoms with Crippen LogP contribution in [-0.4, -0.2) is 41.1 Å². The van der Waals surface area contributed by atoms with Crippen molar-refractivity contribution in [3.05, 3.63) is 10.6 Å². The first-order valence-corrected chi connectivity index (χ1v) is 7.71. The molecule has 1 unspecified atom stereocenters. The van der Waals surface area contributed by atoms with E-state index in [0.29, 0.717) is 0 Å². The lowest BCUT2D eigenvalue weighted by molar-refractivity contribution is -0.117. The SMILES string of the molecule is O=C1CC(S(=O)(=O)Cl)CN1c1nc(Cl)nc(Cl)n1. The van der Waals surface area contributed by atoms with Crippen molar-refractivity contribution in [2.45, 2.75) is 11.7 Å². The summed E-state index contributed by atoms with van der Waals surface area (Å²) in [6.07, 6.45) is -0.229. The molecule has 0 radical (unpaired) electrons. The van der Waals surface area contributed by atoms with Crippen LogP contribution in [0.5, 0.6) is 0 Å². The van der Waals surface area contributed by atoms with Crippen molar-refractivity contribution in [3.63, 3.8) is 0 Å². The molecule has 7 nitrogen and oxygen atoms in total. The summed E-state index contributed by atoms with van der Waals surface area (Å²) in [5.74, 6) is -0.560. The second-order valence-electron chi connectivity index (χ2n) is 3.48. The molecule has 1 aromatic heterocycles. The predicted octanol–water partition coefficient (Wildman–Crippen LogP) is 0.852. The Kier molecular flexibility index (Phi) is 3.63. The largest absolute Gasteiger partial charge is 0.279 e. The molecule has 98 valence electrons. The lowest BCUT2D eigenvalue weighted by Gasteiger charge is -2.13. The van der Waals surface area contributed by atoms with E-state index in [0.717, 1.165) is 4.90 Å². The fraction of sp³-hybridized carbons (Fsp3) is 0.429. The van der Waals surface area contributed by atoms with Crippen LogP contribution < -0.4 is 4.90 Å². The molecule has 0 N–H and O–H groups in total. The van der Waals surface area contributed by atoms with Crippen LogP contribution in [0.25, 0.3) is 0 Å². The molecule has 1 aromatic rings. The number of hydrogen-bond donors (Lipinski definition) is 0. The van der Waals surface area contributed by atoms with Gasteiger partial charge in [0.1, 0.15) is 5.25 Å². The third-order valence-electron chi connectivity index (χ3n) is 2.30. The predicted molar refractivity (Wildman–Crippen MR) is 65.4 cm³/mol. The highest BCUT2D eigenvalue weighted by molar-refractivity contribution is 8.14. The maximum Gasteiger partial charge on any atom is 0.237 e. The number of carbonyl (C=O) groups is 1. The first-order chi connectivity index (χ1) is 8.27. The van der Waals surface area contributed by atoms with Crippen molar-refractivity contribution >= 4 is 54.8 Å². The van der Waals surface area contributed by atoms with Crippen LogP contribution in [0.1, 0.15) is 6.42 Å². The number of aromatic nitrogens is 3. The van der Waals surface area contributed by atoms with E-state index in [9.17, 15) is 13.2 Å². The highest BCUT2D eigenvalue weighted by Crippen LogP contribution is 2.25. The van der Waals surface area contributed by atoms with Crippen molar-refractivity contribution in [2.75, 3.05) is 11.4 Å². The van der Waals surface area contributed by atoms with Gasteiger partial charge in [-0.05, 0) is 23.2 Å². The maximum atomic E-state index is 11.7. The van der Waals surface area contributed by atoms with Gasteiger partial charge in [0.25, 0.3) is 0 Å². The monoisotopic (exact) mass is 330 g/mol. The van der Waals surface area contributed by atoms with Gasteiger partial charge in [-0.25, -0.2) is 8.42 Å². The van der Waals surface area contributed by atoms with Crippen molar-refractivity contribution in [1.82, 2.24) is 15.0 Å². The van der Waals surface area contributed by atoms with Crippen LogP contribution in [0, 0.1) is 0 Å². The molecule has 2 rings (SSSR count). The van der Waals surface area contributed by atoms with Crippen molar-refractivity contribution in [3.8, 4) is 0 Å². The Morgan fingerprint density at radius 1 is 1.17 bits per heavy atom. The number of rotatable bonds is 2. The van der Waals surface area contributed by atoms with Gasteiger partial charge < -0.3 is 0 Å². The average Bonchev–Trinajstić information content (AvgIpc) is 2.58. The highest BCUT2D eigenvalue weighted by atomic mass is 35.7. The summed E-state index contributed by atoms with van der Waals surface area (Å²) < 4.78 is 22.3. The summed E-state index contributed by atoms with van der Waals surface area (Å²) >= 11 is 11.1. The standard InChI is InChI=1S/C7H5Cl3N4O3S/c8-5-11-6(9)13-7(12-5)14-2-3(1-4(14)15)18(10,16)17/h3H,1-2H2. The molecule has 1 amide bonds. The molecule has 0 saturated carbocycles. The van der Waals surface area contributed by atoms with E-state index >= 15 is 0 Å². The molecule has 1 aliphatic heterocycles. The van der Waals surface area contributed by atoms with Crippen LogP contribution in [0.2, 0.25) is 10.6 Å². The number of nitrogens with zero attached hydrogens (tertiary/aromatic N) is 4. The minimum Gasteiger partial charge on any atom is -0.279 e. The fourth-order valence-corrected chi connectivity index (χ4v) is 2.87. The Balaban J connectivity index is 2.32. The number of halogens is 3. The Morgan fingerprint density at radius 3 is 2.17 bits per heavy atom. The molecule has 0 aromatic carbocycles. The van der Waals surface area contributed by atoms with E-state index in [1.165, 1.54) is 0 Å². The van der Waals surface area contributed by atoms with E-state index in [1.54, 1.807) is 0 Å². The van der Waals surface area contributed by atoms with Gasteiger partial charge in [-0.2, -0.15) is 15.0 Å². The fourth-order valence-electron chi connectivity index (χ4n) is 1.49. The zero-order valence-electron chi connectivity index (χ0n) is 8.55. The Hall–Kier alpha value is -0.700. The van der Waals surface area contributed by atoms with Crippen LogP contribution in [0.3, 0.4) is 0 Å². The minimum absolute atomic E-state index is 0.0900. The topological polar surface area (TPSA) is 93.1 Å². The van der Waals surface area contributed by atoms with Gasteiger partial charge in [-0.1, -0.05) is 0 Å². The molecule has 0 aliphatic carbocycles. The quantitative estimate of drug-likeness (QED) is 0.746. The smallest absolute Gasteiger partial charge is 0.237 e. The Morgan fingerprint density at radius 2 is 1.72 bits per heavy atom. The van der Waals surface area contributed by atoms with Crippen molar-refractivity contribution < 1.29 is 13.2 Å². The Labute approximate surface area is 117 Å². The summed E-state index contributed by atoms with van der Waals surface area (Å²) in [6, 6.07) is 0. The minimum atomic E-state index is -3.82. The van der Waals surface area contributed by atoms with Crippen LogP contribution in [-0.2, 0) is 13.8 Å². The molecule has 1 aliphatic rings. The zero-order valence-corrected chi connectivity index (χ0v) is 11.6. The van der Waals surface area contributed by atoms with Crippen molar-refractivity contribution in [1.29, 1.82) is 0 Å².